The third-order valence-electron chi connectivity index (χ3n) is 10.2. The fourth-order valence-corrected chi connectivity index (χ4v) is 6.96. The van der Waals surface area contributed by atoms with Gasteiger partial charge in [0.05, 0.1) is 53.5 Å². The van der Waals surface area contributed by atoms with E-state index in [9.17, 15) is 15.3 Å². The molecular weight excluding hydrogens is 753 g/mol. The van der Waals surface area contributed by atoms with E-state index in [1.165, 1.54) is 0 Å². The second-order valence-corrected chi connectivity index (χ2v) is 14.3. The summed E-state index contributed by atoms with van der Waals surface area (Å²) in [6.45, 7) is -0.278. The Kier molecular flexibility index (Phi) is 11.0. The molecule has 0 amide bonds. The Morgan fingerprint density at radius 2 is 0.574 bits per heavy atom. The van der Waals surface area contributed by atoms with Gasteiger partial charge in [-0.3, -0.25) is 15.0 Å². The molecule has 0 aliphatic rings. The van der Waals surface area contributed by atoms with E-state index in [1.54, 1.807) is 0 Å². The normalized spacial score (nSPS) is 10.7. The van der Waals surface area contributed by atoms with Gasteiger partial charge in [0.2, 0.25) is 0 Å². The summed E-state index contributed by atoms with van der Waals surface area (Å²) in [7, 11) is 0. The number of pyridine rings is 3. The minimum absolute atomic E-state index is 0.0927. The van der Waals surface area contributed by atoms with Crippen molar-refractivity contribution in [3.8, 4) is 35.5 Å². The summed E-state index contributed by atoms with van der Waals surface area (Å²) < 4.78 is 0. The molecular formula is C54H36N4O3. The van der Waals surface area contributed by atoms with Crippen LogP contribution in [0.4, 0.5) is 17.1 Å². The molecule has 0 bridgehead atoms. The second kappa shape index (κ2) is 17.4. The Morgan fingerprint density at radius 1 is 0.311 bits per heavy atom. The van der Waals surface area contributed by atoms with Crippen LogP contribution < -0.4 is 4.90 Å². The average molecular weight is 789 g/mol. The van der Waals surface area contributed by atoms with E-state index in [0.717, 1.165) is 83.2 Å². The predicted molar refractivity (Wildman–Crippen MR) is 242 cm³/mol. The standard InChI is InChI=1S/C54H36N4O3/c59-34-46-19-16-43-31-40(13-28-52(43)55-46)4-1-37-7-22-49(23-8-37)58(50-24-9-38(10-25-50)2-5-41-14-29-53-44(32-41)17-20-47(35-60)56-53)51-26-11-39(12-27-51)3-6-42-15-30-54-45(33-42)18-21-48(36-61)57-54/h7-33,59-61H,34-36H2. The van der Waals surface area contributed by atoms with Gasteiger partial charge in [0.15, 0.2) is 0 Å². The maximum atomic E-state index is 9.44. The molecule has 7 nitrogen and oxygen atoms in total. The van der Waals surface area contributed by atoms with Crippen LogP contribution in [0.3, 0.4) is 0 Å². The van der Waals surface area contributed by atoms with Crippen molar-refractivity contribution in [3.63, 3.8) is 0 Å². The Balaban J connectivity index is 0.992. The molecule has 9 aromatic rings. The number of hydrogen-bond donors (Lipinski definition) is 3. The van der Waals surface area contributed by atoms with Crippen LogP contribution in [0.25, 0.3) is 32.7 Å². The summed E-state index contributed by atoms with van der Waals surface area (Å²) in [6.07, 6.45) is 0. The molecule has 290 valence electrons. The van der Waals surface area contributed by atoms with Crippen molar-refractivity contribution in [1.82, 2.24) is 15.0 Å². The summed E-state index contributed by atoms with van der Waals surface area (Å²) >= 11 is 0. The molecule has 0 atom stereocenters. The van der Waals surface area contributed by atoms with Gasteiger partial charge >= 0.3 is 0 Å². The summed E-state index contributed by atoms with van der Waals surface area (Å²) in [5, 5.41) is 31.2. The van der Waals surface area contributed by atoms with Crippen molar-refractivity contribution in [1.29, 1.82) is 0 Å². The van der Waals surface area contributed by atoms with Crippen LogP contribution in [0.5, 0.6) is 0 Å². The second-order valence-electron chi connectivity index (χ2n) is 14.3. The van der Waals surface area contributed by atoms with Gasteiger partial charge in [-0.15, -0.1) is 0 Å². The number of rotatable bonds is 6. The minimum Gasteiger partial charge on any atom is -0.390 e. The van der Waals surface area contributed by atoms with E-state index in [-0.39, 0.29) is 19.8 Å². The Bertz CT molecular complexity index is 2920. The largest absolute Gasteiger partial charge is 0.390 e. The molecule has 0 fully saturated rings. The number of aliphatic hydroxyl groups is 3. The summed E-state index contributed by atoms with van der Waals surface area (Å²) in [5.41, 5.74) is 12.5. The Morgan fingerprint density at radius 3 is 0.852 bits per heavy atom. The highest BCUT2D eigenvalue weighted by atomic mass is 16.3. The average Bonchev–Trinajstić information content (AvgIpc) is 3.32. The zero-order valence-electron chi connectivity index (χ0n) is 32.8. The van der Waals surface area contributed by atoms with Gasteiger partial charge in [0, 0.05) is 66.6 Å². The van der Waals surface area contributed by atoms with Gasteiger partial charge in [0.25, 0.3) is 0 Å². The molecule has 9 rings (SSSR count). The van der Waals surface area contributed by atoms with Gasteiger partial charge in [0.1, 0.15) is 0 Å². The molecule has 0 saturated heterocycles. The molecule has 0 saturated carbocycles. The molecule has 61 heavy (non-hydrogen) atoms. The lowest BCUT2D eigenvalue weighted by atomic mass is 10.1. The van der Waals surface area contributed by atoms with E-state index in [2.05, 4.69) is 91.8 Å². The van der Waals surface area contributed by atoms with E-state index in [0.29, 0.717) is 17.1 Å². The zero-order chi connectivity index (χ0) is 41.5. The first-order valence-corrected chi connectivity index (χ1v) is 19.7. The molecule has 3 N–H and O–H groups in total. The molecule has 0 aliphatic heterocycles. The van der Waals surface area contributed by atoms with Crippen LogP contribution >= 0.6 is 0 Å². The smallest absolute Gasteiger partial charge is 0.0853 e. The molecule has 6 aromatic carbocycles. The van der Waals surface area contributed by atoms with Crippen LogP contribution in [-0.2, 0) is 19.8 Å². The first kappa shape index (κ1) is 38.4. The molecule has 0 aliphatic carbocycles. The molecule has 3 aromatic heterocycles. The number of aliphatic hydroxyl groups excluding tert-OH is 3. The fourth-order valence-electron chi connectivity index (χ4n) is 6.96. The van der Waals surface area contributed by atoms with Crippen LogP contribution in [0.15, 0.2) is 164 Å². The predicted octanol–water partition coefficient (Wildman–Crippen LogP) is 9.48. The molecule has 0 radical (unpaired) electrons. The highest BCUT2D eigenvalue weighted by Crippen LogP contribution is 2.35. The highest BCUT2D eigenvalue weighted by Gasteiger charge is 2.13. The van der Waals surface area contributed by atoms with Gasteiger partial charge in [-0.25, -0.2) is 0 Å². The van der Waals surface area contributed by atoms with Crippen LogP contribution in [-0.4, -0.2) is 30.3 Å². The molecule has 3 heterocycles. The van der Waals surface area contributed by atoms with Crippen LogP contribution in [0, 0.1) is 35.5 Å². The number of fused-ring (bicyclic) bond motifs is 3. The maximum Gasteiger partial charge on any atom is 0.0853 e. The minimum atomic E-state index is -0.0927. The lowest BCUT2D eigenvalue weighted by molar-refractivity contribution is 0.277. The van der Waals surface area contributed by atoms with Gasteiger partial charge < -0.3 is 20.2 Å². The van der Waals surface area contributed by atoms with Crippen molar-refractivity contribution in [3.05, 3.63) is 214 Å². The van der Waals surface area contributed by atoms with Crippen molar-refractivity contribution < 1.29 is 15.3 Å². The van der Waals surface area contributed by atoms with Crippen LogP contribution in [0.2, 0.25) is 0 Å². The Hall–Kier alpha value is -8.09. The third-order valence-corrected chi connectivity index (χ3v) is 10.2. The molecule has 0 unspecified atom stereocenters. The van der Waals surface area contributed by atoms with Gasteiger partial charge in [-0.05, 0) is 146 Å². The SMILES string of the molecule is OCc1ccc2cc(C#Cc3ccc(N(c4ccc(C#Cc5ccc6nc(CO)ccc6c5)cc4)c4ccc(C#Cc5ccc6nc(CO)ccc6c5)cc4)cc3)ccc2n1. The number of aromatic nitrogens is 3. The lowest BCUT2D eigenvalue weighted by Crippen LogP contribution is -2.09. The number of benzene rings is 6. The summed E-state index contributed by atoms with van der Waals surface area (Å²) in [4.78, 5) is 15.6. The number of hydrogen-bond acceptors (Lipinski definition) is 7. The van der Waals surface area contributed by atoms with E-state index in [4.69, 9.17) is 0 Å². The zero-order valence-corrected chi connectivity index (χ0v) is 32.8. The lowest BCUT2D eigenvalue weighted by Gasteiger charge is -2.25. The fraction of sp³-hybridized carbons (Fsp3) is 0.0556. The Labute approximate surface area is 353 Å². The number of anilines is 3. The number of nitrogens with zero attached hydrogens (tertiary/aromatic N) is 4. The topological polar surface area (TPSA) is 103 Å². The molecule has 0 spiro atoms. The first-order valence-electron chi connectivity index (χ1n) is 19.7. The summed E-state index contributed by atoms with van der Waals surface area (Å²) in [6, 6.07) is 53.6. The van der Waals surface area contributed by atoms with Crippen LogP contribution in [0.1, 0.15) is 50.5 Å². The highest BCUT2D eigenvalue weighted by molar-refractivity contribution is 5.83. The van der Waals surface area contributed by atoms with Crippen molar-refractivity contribution in [2.24, 2.45) is 0 Å². The van der Waals surface area contributed by atoms with Crippen molar-refractivity contribution in [2.45, 2.75) is 19.8 Å². The van der Waals surface area contributed by atoms with Gasteiger partial charge in [-0.1, -0.05) is 53.7 Å². The van der Waals surface area contributed by atoms with Gasteiger partial charge in [-0.2, -0.15) is 0 Å². The monoisotopic (exact) mass is 788 g/mol. The van der Waals surface area contributed by atoms with Crippen molar-refractivity contribution in [2.75, 3.05) is 4.90 Å². The molecule has 7 heteroatoms. The van der Waals surface area contributed by atoms with Crippen molar-refractivity contribution >= 4 is 49.8 Å². The van der Waals surface area contributed by atoms with E-state index >= 15 is 0 Å². The van der Waals surface area contributed by atoms with E-state index < -0.39 is 0 Å². The third kappa shape index (κ3) is 8.85. The summed E-state index contributed by atoms with van der Waals surface area (Å²) in [5.74, 6) is 19.8. The maximum absolute atomic E-state index is 9.44. The first-order chi connectivity index (χ1) is 30.0. The quantitative estimate of drug-likeness (QED) is 0.144. The van der Waals surface area contributed by atoms with E-state index in [1.807, 2.05) is 127 Å².